The summed E-state index contributed by atoms with van der Waals surface area (Å²) < 4.78 is 1.10. The number of non-ortho nitro benzene ring substituents is 1. The van der Waals surface area contributed by atoms with E-state index in [0.717, 1.165) is 10.6 Å². The quantitative estimate of drug-likeness (QED) is 0.526. The van der Waals surface area contributed by atoms with Crippen LogP contribution in [0.1, 0.15) is 10.4 Å². The summed E-state index contributed by atoms with van der Waals surface area (Å²) >= 11 is 0. The van der Waals surface area contributed by atoms with E-state index in [1.807, 2.05) is 0 Å². The minimum atomic E-state index is -1.36. The molecule has 0 aliphatic carbocycles. The second kappa shape index (κ2) is 5.93. The van der Waals surface area contributed by atoms with Crippen LogP contribution in [0.2, 0.25) is 0 Å². The lowest BCUT2D eigenvalue weighted by molar-refractivity contribution is -0.384. The summed E-state index contributed by atoms with van der Waals surface area (Å²) in [4.78, 5) is 33.5. The molecule has 0 spiro atoms. The van der Waals surface area contributed by atoms with E-state index in [1.54, 1.807) is 6.07 Å². The van der Waals surface area contributed by atoms with Gasteiger partial charge in [0, 0.05) is 17.7 Å². The van der Waals surface area contributed by atoms with E-state index in [1.165, 1.54) is 24.3 Å². The molecule has 1 heterocycles. The predicted molar refractivity (Wildman–Crippen MR) is 78.6 cm³/mol. The number of hydrogen-bond donors (Lipinski definition) is 1. The zero-order valence-electron chi connectivity index (χ0n) is 11.2. The number of aromatic nitrogens is 1. The fourth-order valence-electron chi connectivity index (χ4n) is 2.02. The SMILES string of the molecule is C#CCn1c(-c2cccc([N+](=O)[O-])c2)ccc(C(=O)O)c1=O. The summed E-state index contributed by atoms with van der Waals surface area (Å²) in [6.07, 6.45) is 5.22. The Labute approximate surface area is 124 Å². The van der Waals surface area contributed by atoms with Crippen molar-refractivity contribution < 1.29 is 14.8 Å². The summed E-state index contributed by atoms with van der Waals surface area (Å²) in [5, 5.41) is 19.8. The van der Waals surface area contributed by atoms with Gasteiger partial charge in [-0.1, -0.05) is 18.1 Å². The van der Waals surface area contributed by atoms with Crippen LogP contribution in [-0.2, 0) is 6.54 Å². The van der Waals surface area contributed by atoms with Gasteiger partial charge in [0.05, 0.1) is 17.2 Å². The number of pyridine rings is 1. The second-order valence-corrected chi connectivity index (χ2v) is 4.34. The average molecular weight is 298 g/mol. The lowest BCUT2D eigenvalue weighted by atomic mass is 10.1. The highest BCUT2D eigenvalue weighted by Crippen LogP contribution is 2.23. The van der Waals surface area contributed by atoms with Crippen LogP contribution in [0.5, 0.6) is 0 Å². The number of terminal acetylenes is 1. The molecule has 0 aliphatic heterocycles. The highest BCUT2D eigenvalue weighted by Gasteiger charge is 2.16. The first kappa shape index (κ1) is 15.0. The highest BCUT2D eigenvalue weighted by atomic mass is 16.6. The first-order chi connectivity index (χ1) is 10.5. The first-order valence-corrected chi connectivity index (χ1v) is 6.11. The number of hydrogen-bond acceptors (Lipinski definition) is 4. The minimum Gasteiger partial charge on any atom is -0.477 e. The van der Waals surface area contributed by atoms with Crippen molar-refractivity contribution in [1.82, 2.24) is 4.57 Å². The lowest BCUT2D eigenvalue weighted by Gasteiger charge is -2.11. The molecule has 0 aliphatic rings. The molecule has 1 aromatic carbocycles. The van der Waals surface area contributed by atoms with Gasteiger partial charge in [0.25, 0.3) is 11.2 Å². The summed E-state index contributed by atoms with van der Waals surface area (Å²) in [5.41, 5.74) is -0.589. The Hall–Kier alpha value is -3.40. The first-order valence-electron chi connectivity index (χ1n) is 6.11. The average Bonchev–Trinajstić information content (AvgIpc) is 2.49. The molecule has 7 nitrogen and oxygen atoms in total. The summed E-state index contributed by atoms with van der Waals surface area (Å²) in [6.45, 7) is -0.141. The predicted octanol–water partition coefficient (Wildman–Crippen LogP) is 1.75. The van der Waals surface area contributed by atoms with Crippen LogP contribution in [0.3, 0.4) is 0 Å². The zero-order valence-corrected chi connectivity index (χ0v) is 11.2. The standard InChI is InChI=1S/C15H10N2O5/c1-2-8-16-13(7-6-12(14(16)18)15(19)20)10-4-3-5-11(9-10)17(21)22/h1,3-7,9H,8H2,(H,19,20). The number of carboxylic acids is 1. The van der Waals surface area contributed by atoms with Crippen molar-refractivity contribution in [1.29, 1.82) is 0 Å². The third-order valence-corrected chi connectivity index (χ3v) is 3.01. The van der Waals surface area contributed by atoms with Crippen molar-refractivity contribution in [2.45, 2.75) is 6.54 Å². The van der Waals surface area contributed by atoms with E-state index in [2.05, 4.69) is 5.92 Å². The minimum absolute atomic E-state index is 0.139. The molecule has 0 fully saturated rings. The van der Waals surface area contributed by atoms with E-state index in [9.17, 15) is 19.7 Å². The number of nitrogens with zero attached hydrogens (tertiary/aromatic N) is 2. The molecule has 0 amide bonds. The number of nitro benzene ring substituents is 1. The summed E-state index contributed by atoms with van der Waals surface area (Å²) in [5.74, 6) is 0.915. The number of rotatable bonds is 4. The molecule has 110 valence electrons. The zero-order chi connectivity index (χ0) is 16.3. The van der Waals surface area contributed by atoms with Gasteiger partial charge >= 0.3 is 5.97 Å². The van der Waals surface area contributed by atoms with Crippen LogP contribution in [0.25, 0.3) is 11.3 Å². The van der Waals surface area contributed by atoms with Crippen molar-refractivity contribution in [2.24, 2.45) is 0 Å². The van der Waals surface area contributed by atoms with Gasteiger partial charge in [-0.2, -0.15) is 0 Å². The van der Waals surface area contributed by atoms with Crippen LogP contribution in [-0.4, -0.2) is 20.6 Å². The van der Waals surface area contributed by atoms with Crippen molar-refractivity contribution in [2.75, 3.05) is 0 Å². The number of aromatic carboxylic acids is 1. The Kier molecular flexibility index (Phi) is 4.04. The fraction of sp³-hybridized carbons (Fsp3) is 0.0667. The van der Waals surface area contributed by atoms with Crippen LogP contribution < -0.4 is 5.56 Å². The van der Waals surface area contributed by atoms with Gasteiger partial charge in [0.2, 0.25) is 0 Å². The molecule has 22 heavy (non-hydrogen) atoms. The fourth-order valence-corrected chi connectivity index (χ4v) is 2.02. The smallest absolute Gasteiger partial charge is 0.341 e. The van der Waals surface area contributed by atoms with E-state index in [0.29, 0.717) is 11.3 Å². The van der Waals surface area contributed by atoms with Crippen LogP contribution in [0.15, 0.2) is 41.2 Å². The van der Waals surface area contributed by atoms with Crippen LogP contribution >= 0.6 is 0 Å². The molecule has 0 radical (unpaired) electrons. The maximum absolute atomic E-state index is 12.2. The van der Waals surface area contributed by atoms with E-state index >= 15 is 0 Å². The van der Waals surface area contributed by atoms with Crippen molar-refractivity contribution >= 4 is 11.7 Å². The number of nitro groups is 1. The Bertz CT molecular complexity index is 861. The van der Waals surface area contributed by atoms with Crippen molar-refractivity contribution in [3.05, 3.63) is 62.4 Å². The largest absolute Gasteiger partial charge is 0.477 e. The molecule has 0 saturated heterocycles. The van der Waals surface area contributed by atoms with Gasteiger partial charge in [0.15, 0.2) is 0 Å². The van der Waals surface area contributed by atoms with Gasteiger partial charge in [0.1, 0.15) is 5.56 Å². The van der Waals surface area contributed by atoms with Gasteiger partial charge < -0.3 is 5.11 Å². The van der Waals surface area contributed by atoms with Crippen LogP contribution in [0.4, 0.5) is 5.69 Å². The van der Waals surface area contributed by atoms with Gasteiger partial charge in [-0.25, -0.2) is 4.79 Å². The van der Waals surface area contributed by atoms with E-state index in [-0.39, 0.29) is 12.2 Å². The molecule has 0 unspecified atom stereocenters. The molecule has 0 saturated carbocycles. The Morgan fingerprint density at radius 3 is 2.68 bits per heavy atom. The maximum atomic E-state index is 12.2. The summed E-state index contributed by atoms with van der Waals surface area (Å²) in [7, 11) is 0. The van der Waals surface area contributed by atoms with E-state index in [4.69, 9.17) is 11.5 Å². The highest BCUT2D eigenvalue weighted by molar-refractivity contribution is 5.87. The number of carbonyl (C=O) groups is 1. The monoisotopic (exact) mass is 298 g/mol. The Morgan fingerprint density at radius 1 is 1.36 bits per heavy atom. The number of benzene rings is 1. The molecular formula is C15H10N2O5. The normalized spacial score (nSPS) is 9.95. The molecular weight excluding hydrogens is 288 g/mol. The van der Waals surface area contributed by atoms with Crippen molar-refractivity contribution in [3.63, 3.8) is 0 Å². The maximum Gasteiger partial charge on any atom is 0.341 e. The molecule has 1 aromatic heterocycles. The summed E-state index contributed by atoms with van der Waals surface area (Å²) in [6, 6.07) is 8.23. The molecule has 0 atom stereocenters. The van der Waals surface area contributed by atoms with Gasteiger partial charge in [-0.3, -0.25) is 19.5 Å². The molecule has 7 heteroatoms. The molecule has 2 aromatic rings. The third-order valence-electron chi connectivity index (χ3n) is 3.01. The third kappa shape index (κ3) is 2.71. The van der Waals surface area contributed by atoms with Gasteiger partial charge in [-0.15, -0.1) is 6.42 Å². The topological polar surface area (TPSA) is 102 Å². The molecule has 0 bridgehead atoms. The Balaban J connectivity index is 2.71. The Morgan fingerprint density at radius 2 is 2.09 bits per heavy atom. The van der Waals surface area contributed by atoms with E-state index < -0.39 is 22.0 Å². The lowest BCUT2D eigenvalue weighted by Crippen LogP contribution is -2.27. The van der Waals surface area contributed by atoms with Crippen molar-refractivity contribution in [3.8, 4) is 23.6 Å². The molecule has 1 N–H and O–H groups in total. The van der Waals surface area contributed by atoms with Crippen LogP contribution in [0, 0.1) is 22.5 Å². The molecule has 2 rings (SSSR count). The number of carboxylic acid groups (broad SMARTS) is 1. The second-order valence-electron chi connectivity index (χ2n) is 4.34. The van der Waals surface area contributed by atoms with Gasteiger partial charge in [-0.05, 0) is 12.1 Å².